The lowest BCUT2D eigenvalue weighted by molar-refractivity contribution is -0.129. The highest BCUT2D eigenvalue weighted by Crippen LogP contribution is 2.32. The Balaban J connectivity index is 1.57. The summed E-state index contributed by atoms with van der Waals surface area (Å²) in [4.78, 5) is 38.5. The number of benzene rings is 2. The summed E-state index contributed by atoms with van der Waals surface area (Å²) >= 11 is 12.2. The van der Waals surface area contributed by atoms with Crippen LogP contribution in [0.2, 0.25) is 5.02 Å². The van der Waals surface area contributed by atoms with Crippen molar-refractivity contribution < 1.29 is 19.1 Å². The summed E-state index contributed by atoms with van der Waals surface area (Å²) in [6.45, 7) is 2.15. The van der Waals surface area contributed by atoms with Gasteiger partial charge in [-0.3, -0.25) is 30.1 Å². The lowest BCUT2D eigenvalue weighted by Crippen LogP contribution is -2.47. The first-order chi connectivity index (χ1) is 14.9. The van der Waals surface area contributed by atoms with Crippen molar-refractivity contribution in [2.45, 2.75) is 6.92 Å². The van der Waals surface area contributed by atoms with Crippen molar-refractivity contribution in [2.24, 2.45) is 0 Å². The molecule has 1 fully saturated rings. The monoisotopic (exact) mass is 475 g/mol. The zero-order valence-corrected chi connectivity index (χ0v) is 18.8. The second kappa shape index (κ2) is 10.4. The summed E-state index contributed by atoms with van der Waals surface area (Å²) in [6, 6.07) is 13.6. The predicted octanol–water partition coefficient (Wildman–Crippen LogP) is 3.40. The van der Waals surface area contributed by atoms with Crippen LogP contribution in [-0.4, -0.2) is 40.1 Å². The number of amides is 3. The maximum absolute atomic E-state index is 12.7. The average molecular weight is 476 g/mol. The zero-order chi connectivity index (χ0) is 22.4. The highest BCUT2D eigenvalue weighted by molar-refractivity contribution is 8.26. The van der Waals surface area contributed by atoms with Gasteiger partial charge in [0.25, 0.3) is 17.7 Å². The Morgan fingerprint density at radius 1 is 1.19 bits per heavy atom. The molecule has 31 heavy (non-hydrogen) atoms. The average Bonchev–Trinajstić information content (AvgIpc) is 3.01. The number of carbonyl (C=O) groups is 3. The molecule has 0 bridgehead atoms. The molecular formula is C21H18ClN3O4S2. The van der Waals surface area contributed by atoms with Crippen LogP contribution in [0.15, 0.2) is 53.4 Å². The molecule has 7 nitrogen and oxygen atoms in total. The van der Waals surface area contributed by atoms with Crippen LogP contribution in [0.3, 0.4) is 0 Å². The maximum atomic E-state index is 12.7. The van der Waals surface area contributed by atoms with E-state index in [-0.39, 0.29) is 22.3 Å². The molecule has 0 aromatic heterocycles. The molecule has 160 valence electrons. The third-order valence-electron chi connectivity index (χ3n) is 4.07. The van der Waals surface area contributed by atoms with Gasteiger partial charge in [-0.05, 0) is 48.9 Å². The molecule has 0 spiro atoms. The molecule has 2 aromatic carbocycles. The van der Waals surface area contributed by atoms with Gasteiger partial charge in [0.05, 0.1) is 11.5 Å². The zero-order valence-electron chi connectivity index (χ0n) is 16.4. The van der Waals surface area contributed by atoms with Crippen LogP contribution in [-0.2, 0) is 9.59 Å². The van der Waals surface area contributed by atoms with E-state index in [2.05, 4.69) is 10.9 Å². The summed E-state index contributed by atoms with van der Waals surface area (Å²) in [7, 11) is 0. The number of nitrogens with zero attached hydrogens (tertiary/aromatic N) is 1. The Morgan fingerprint density at radius 2 is 1.94 bits per heavy atom. The van der Waals surface area contributed by atoms with E-state index in [0.717, 1.165) is 23.1 Å². The van der Waals surface area contributed by atoms with Crippen LogP contribution in [0.4, 0.5) is 0 Å². The van der Waals surface area contributed by atoms with Crippen molar-refractivity contribution in [3.05, 3.63) is 69.6 Å². The van der Waals surface area contributed by atoms with Gasteiger partial charge in [-0.15, -0.1) is 0 Å². The van der Waals surface area contributed by atoms with Crippen LogP contribution in [0, 0.1) is 0 Å². The van der Waals surface area contributed by atoms with Crippen molar-refractivity contribution in [1.29, 1.82) is 0 Å². The minimum atomic E-state index is -0.589. The van der Waals surface area contributed by atoms with Gasteiger partial charge in [0.15, 0.2) is 0 Å². The largest absolute Gasteiger partial charge is 0.494 e. The normalized spacial score (nSPS) is 14.6. The fourth-order valence-electron chi connectivity index (χ4n) is 2.63. The first kappa shape index (κ1) is 22.8. The van der Waals surface area contributed by atoms with E-state index < -0.39 is 11.8 Å². The van der Waals surface area contributed by atoms with Crippen LogP contribution in [0.5, 0.6) is 5.75 Å². The summed E-state index contributed by atoms with van der Waals surface area (Å²) in [5, 5.41) is 0.399. The molecule has 0 saturated carbocycles. The molecule has 3 amide bonds. The number of nitrogens with one attached hydrogen (secondary N) is 2. The third kappa shape index (κ3) is 6.06. The van der Waals surface area contributed by atoms with E-state index in [1.54, 1.807) is 24.3 Å². The molecular weight excluding hydrogens is 458 g/mol. The Kier molecular flexibility index (Phi) is 7.67. The third-order valence-corrected chi connectivity index (χ3v) is 5.68. The minimum absolute atomic E-state index is 0.263. The highest BCUT2D eigenvalue weighted by atomic mass is 35.5. The van der Waals surface area contributed by atoms with Gasteiger partial charge in [0.1, 0.15) is 16.6 Å². The second-order valence-electron chi connectivity index (χ2n) is 6.28. The van der Waals surface area contributed by atoms with Gasteiger partial charge < -0.3 is 4.74 Å². The first-order valence-corrected chi connectivity index (χ1v) is 10.8. The van der Waals surface area contributed by atoms with E-state index >= 15 is 0 Å². The molecule has 2 aromatic rings. The molecule has 2 N–H and O–H groups in total. The molecule has 1 heterocycles. The number of ether oxygens (including phenoxy) is 1. The minimum Gasteiger partial charge on any atom is -0.494 e. The van der Waals surface area contributed by atoms with E-state index in [9.17, 15) is 14.4 Å². The van der Waals surface area contributed by atoms with Crippen molar-refractivity contribution in [3.8, 4) is 5.75 Å². The Morgan fingerprint density at radius 3 is 2.61 bits per heavy atom. The van der Waals surface area contributed by atoms with E-state index in [1.807, 2.05) is 31.2 Å². The molecule has 1 saturated heterocycles. The summed E-state index contributed by atoms with van der Waals surface area (Å²) < 4.78 is 5.66. The standard InChI is InChI=1S/C21H18ClN3O4S2/c1-2-29-16-8-6-13(7-9-16)10-17-20(28)25(21(30)31-17)12-18(26)23-24-19(27)14-4-3-5-15(22)11-14/h3-11H,2,12H2,1H3,(H,23,26)(H,24,27)/b17-10+. The second-order valence-corrected chi connectivity index (χ2v) is 8.39. The number of thiocarbonyl (C=S) groups is 1. The van der Waals surface area contributed by atoms with Gasteiger partial charge in [0.2, 0.25) is 0 Å². The summed E-state index contributed by atoms with van der Waals surface area (Å²) in [5.41, 5.74) is 5.65. The lowest BCUT2D eigenvalue weighted by Gasteiger charge is -2.14. The van der Waals surface area contributed by atoms with E-state index in [1.165, 1.54) is 11.0 Å². The van der Waals surface area contributed by atoms with Gasteiger partial charge in [0, 0.05) is 10.6 Å². The predicted molar refractivity (Wildman–Crippen MR) is 125 cm³/mol. The Labute approximate surface area is 193 Å². The number of halogens is 1. The number of hydrogen-bond acceptors (Lipinski definition) is 6. The number of thioether (sulfide) groups is 1. The molecule has 0 unspecified atom stereocenters. The molecule has 1 aliphatic heterocycles. The molecule has 0 radical (unpaired) electrons. The van der Waals surface area contributed by atoms with Crippen LogP contribution in [0.25, 0.3) is 6.08 Å². The number of carbonyl (C=O) groups excluding carboxylic acids is 3. The van der Waals surface area contributed by atoms with Crippen LogP contribution >= 0.6 is 35.6 Å². The van der Waals surface area contributed by atoms with Crippen LogP contribution < -0.4 is 15.6 Å². The lowest BCUT2D eigenvalue weighted by atomic mass is 10.2. The topological polar surface area (TPSA) is 87.7 Å². The number of rotatable bonds is 6. The Bertz CT molecular complexity index is 1060. The van der Waals surface area contributed by atoms with Crippen molar-refractivity contribution in [3.63, 3.8) is 0 Å². The fraction of sp³-hybridized carbons (Fsp3) is 0.143. The van der Waals surface area contributed by atoms with Crippen LogP contribution in [0.1, 0.15) is 22.8 Å². The summed E-state index contributed by atoms with van der Waals surface area (Å²) in [5.74, 6) is -0.755. The molecule has 3 rings (SSSR count). The van der Waals surface area contributed by atoms with E-state index in [0.29, 0.717) is 16.5 Å². The fourth-order valence-corrected chi connectivity index (χ4v) is 4.07. The van der Waals surface area contributed by atoms with E-state index in [4.69, 9.17) is 28.6 Å². The summed E-state index contributed by atoms with van der Waals surface area (Å²) in [6.07, 6.45) is 1.70. The van der Waals surface area contributed by atoms with Gasteiger partial charge in [-0.2, -0.15) is 0 Å². The highest BCUT2D eigenvalue weighted by Gasteiger charge is 2.33. The van der Waals surface area contributed by atoms with Crippen molar-refractivity contribution >= 4 is 63.7 Å². The quantitative estimate of drug-likeness (QED) is 0.378. The SMILES string of the molecule is CCOc1ccc(/C=C2/SC(=S)N(CC(=O)NNC(=O)c3cccc(Cl)c3)C2=O)cc1. The molecule has 10 heteroatoms. The first-order valence-electron chi connectivity index (χ1n) is 9.20. The molecule has 0 atom stereocenters. The maximum Gasteiger partial charge on any atom is 0.269 e. The van der Waals surface area contributed by atoms with Crippen molar-refractivity contribution in [1.82, 2.24) is 15.8 Å². The number of hydrogen-bond donors (Lipinski definition) is 2. The van der Waals surface area contributed by atoms with Gasteiger partial charge in [-0.25, -0.2) is 0 Å². The molecule has 0 aliphatic carbocycles. The number of hydrazine groups is 1. The van der Waals surface area contributed by atoms with Gasteiger partial charge >= 0.3 is 0 Å². The van der Waals surface area contributed by atoms with Gasteiger partial charge in [-0.1, -0.05) is 53.8 Å². The van der Waals surface area contributed by atoms with Crippen molar-refractivity contribution in [2.75, 3.05) is 13.2 Å². The molecule has 1 aliphatic rings. The Hall–Kier alpha value is -2.88. The smallest absolute Gasteiger partial charge is 0.269 e.